The van der Waals surface area contributed by atoms with Gasteiger partial charge in [0.2, 0.25) is 0 Å². The van der Waals surface area contributed by atoms with Crippen molar-refractivity contribution in [2.75, 3.05) is 6.61 Å². The summed E-state index contributed by atoms with van der Waals surface area (Å²) in [7, 11) is 0. The van der Waals surface area contributed by atoms with Gasteiger partial charge in [0.05, 0.1) is 6.61 Å². The van der Waals surface area contributed by atoms with Crippen molar-refractivity contribution in [3.8, 4) is 0 Å². The molecular weight excluding hydrogens is 366 g/mol. The molecule has 4 heteroatoms. The number of nitrogens with two attached hydrogens (primary N) is 1. The van der Waals surface area contributed by atoms with E-state index in [1.165, 1.54) is 5.56 Å². The van der Waals surface area contributed by atoms with Gasteiger partial charge < -0.3 is 10.5 Å². The molecular formula is C20H28BrNO2. The Morgan fingerprint density at radius 2 is 1.92 bits per heavy atom. The van der Waals surface area contributed by atoms with E-state index in [9.17, 15) is 4.79 Å². The normalized spacial score (nSPS) is 38.2. The van der Waals surface area contributed by atoms with Gasteiger partial charge in [-0.3, -0.25) is 0 Å². The van der Waals surface area contributed by atoms with Crippen LogP contribution in [0.15, 0.2) is 22.7 Å². The first-order valence-electron chi connectivity index (χ1n) is 9.00. The van der Waals surface area contributed by atoms with Crippen LogP contribution in [0, 0.1) is 23.2 Å². The Morgan fingerprint density at radius 1 is 1.29 bits per heavy atom. The summed E-state index contributed by atoms with van der Waals surface area (Å²) in [5, 5.41) is 0. The van der Waals surface area contributed by atoms with Gasteiger partial charge in [-0.1, -0.05) is 42.8 Å². The molecule has 0 amide bonds. The summed E-state index contributed by atoms with van der Waals surface area (Å²) in [6.07, 6.45) is 2.81. The van der Waals surface area contributed by atoms with Crippen LogP contribution in [0.25, 0.3) is 0 Å². The molecule has 2 aliphatic rings. The maximum Gasteiger partial charge on any atom is 0.331 e. The lowest BCUT2D eigenvalue weighted by atomic mass is 9.55. The molecule has 1 fully saturated rings. The van der Waals surface area contributed by atoms with E-state index in [0.717, 1.165) is 29.3 Å². The molecule has 0 bridgehead atoms. The highest BCUT2D eigenvalue weighted by atomic mass is 79.9. The second kappa shape index (κ2) is 6.14. The molecule has 2 unspecified atom stereocenters. The minimum Gasteiger partial charge on any atom is -0.464 e. The summed E-state index contributed by atoms with van der Waals surface area (Å²) in [6, 6.07) is 6.18. The molecule has 2 aliphatic carbocycles. The standard InChI is InChI=1S/C20H28BrNO2/c1-5-24-18(23)20(22)17-8-16(21)7-6-15(17)11-19(20)9-12(2)14(4)13(3)10-19/h6-8,12-14H,5,9-11,22H2,1-4H3/t12-,13+,14?,19?,20-/m1/s1. The smallest absolute Gasteiger partial charge is 0.331 e. The monoisotopic (exact) mass is 393 g/mol. The van der Waals surface area contributed by atoms with E-state index in [2.05, 4.69) is 42.8 Å². The van der Waals surface area contributed by atoms with Crippen LogP contribution in [0.2, 0.25) is 0 Å². The summed E-state index contributed by atoms with van der Waals surface area (Å²) < 4.78 is 6.43. The Balaban J connectivity index is 2.14. The first-order chi connectivity index (χ1) is 11.2. The van der Waals surface area contributed by atoms with Gasteiger partial charge in [0.25, 0.3) is 0 Å². The van der Waals surface area contributed by atoms with E-state index in [-0.39, 0.29) is 11.4 Å². The quantitative estimate of drug-likeness (QED) is 0.756. The molecule has 5 atom stereocenters. The average molecular weight is 394 g/mol. The molecule has 0 aliphatic heterocycles. The number of ether oxygens (including phenoxy) is 1. The second-order valence-corrected chi connectivity index (χ2v) is 8.92. The van der Waals surface area contributed by atoms with Gasteiger partial charge in [-0.15, -0.1) is 0 Å². The molecule has 1 aromatic carbocycles. The molecule has 1 saturated carbocycles. The van der Waals surface area contributed by atoms with Crippen LogP contribution in [0.5, 0.6) is 0 Å². The first-order valence-corrected chi connectivity index (χ1v) is 9.79. The van der Waals surface area contributed by atoms with Crippen LogP contribution >= 0.6 is 15.9 Å². The third kappa shape index (κ3) is 2.45. The summed E-state index contributed by atoms with van der Waals surface area (Å²) in [4.78, 5) is 13.0. The number of fused-ring (bicyclic) bond motifs is 1. The average Bonchev–Trinajstić information content (AvgIpc) is 2.75. The SMILES string of the molecule is CCOC(=O)[C@]1(N)c2cc(Br)ccc2CC12C[C@@H](C)C(C)[C@@H](C)C2. The summed E-state index contributed by atoms with van der Waals surface area (Å²) >= 11 is 3.54. The number of rotatable bonds is 2. The van der Waals surface area contributed by atoms with Crippen LogP contribution in [0.1, 0.15) is 51.7 Å². The zero-order chi connectivity index (χ0) is 17.7. The minimum absolute atomic E-state index is 0.242. The highest BCUT2D eigenvalue weighted by Gasteiger charge is 2.63. The Bertz CT molecular complexity index is 647. The molecule has 1 aromatic rings. The summed E-state index contributed by atoms with van der Waals surface area (Å²) in [6.45, 7) is 9.13. The molecule has 1 spiro atoms. The van der Waals surface area contributed by atoms with Crippen molar-refractivity contribution >= 4 is 21.9 Å². The van der Waals surface area contributed by atoms with E-state index in [4.69, 9.17) is 10.5 Å². The maximum absolute atomic E-state index is 13.0. The summed E-state index contributed by atoms with van der Waals surface area (Å²) in [5.41, 5.74) is 7.81. The van der Waals surface area contributed by atoms with E-state index < -0.39 is 5.54 Å². The van der Waals surface area contributed by atoms with Gasteiger partial charge in [-0.25, -0.2) is 4.79 Å². The Labute approximate surface area is 153 Å². The Hall–Kier alpha value is -0.870. The van der Waals surface area contributed by atoms with E-state index in [0.29, 0.717) is 24.4 Å². The minimum atomic E-state index is -1.05. The van der Waals surface area contributed by atoms with Crippen LogP contribution in [-0.4, -0.2) is 12.6 Å². The molecule has 0 saturated heterocycles. The maximum atomic E-state index is 13.0. The molecule has 0 heterocycles. The van der Waals surface area contributed by atoms with Gasteiger partial charge in [0, 0.05) is 9.89 Å². The lowest BCUT2D eigenvalue weighted by Crippen LogP contribution is -2.59. The molecule has 3 nitrogen and oxygen atoms in total. The Morgan fingerprint density at radius 3 is 2.50 bits per heavy atom. The number of hydrogen-bond donors (Lipinski definition) is 1. The van der Waals surface area contributed by atoms with Crippen molar-refractivity contribution in [1.29, 1.82) is 0 Å². The van der Waals surface area contributed by atoms with Gasteiger partial charge in [-0.2, -0.15) is 0 Å². The predicted octanol–water partition coefficient (Wildman–Crippen LogP) is 4.41. The highest BCUT2D eigenvalue weighted by molar-refractivity contribution is 9.10. The lowest BCUT2D eigenvalue weighted by Gasteiger charge is -2.51. The Kier molecular flexibility index (Phi) is 4.59. The number of hydrogen-bond acceptors (Lipinski definition) is 3. The van der Waals surface area contributed by atoms with Gasteiger partial charge in [0.1, 0.15) is 5.54 Å². The van der Waals surface area contributed by atoms with Crippen LogP contribution in [0.4, 0.5) is 0 Å². The van der Waals surface area contributed by atoms with Gasteiger partial charge in [0.15, 0.2) is 0 Å². The zero-order valence-corrected chi connectivity index (χ0v) is 16.7. The van der Waals surface area contributed by atoms with Crippen molar-refractivity contribution in [2.45, 2.75) is 52.5 Å². The molecule has 3 rings (SSSR count). The predicted molar refractivity (Wildman–Crippen MR) is 99.5 cm³/mol. The molecule has 24 heavy (non-hydrogen) atoms. The fourth-order valence-corrected chi connectivity index (χ4v) is 5.51. The first kappa shape index (κ1) is 17.9. The van der Waals surface area contributed by atoms with E-state index >= 15 is 0 Å². The highest BCUT2D eigenvalue weighted by Crippen LogP contribution is 2.60. The summed E-state index contributed by atoms with van der Waals surface area (Å²) in [5.74, 6) is 1.47. The number of halogens is 1. The van der Waals surface area contributed by atoms with E-state index in [1.54, 1.807) is 0 Å². The van der Waals surface area contributed by atoms with Crippen LogP contribution in [0.3, 0.4) is 0 Å². The third-order valence-electron chi connectivity index (χ3n) is 6.68. The van der Waals surface area contributed by atoms with Crippen LogP contribution in [-0.2, 0) is 21.5 Å². The molecule has 132 valence electrons. The third-order valence-corrected chi connectivity index (χ3v) is 7.17. The largest absolute Gasteiger partial charge is 0.464 e. The fraction of sp³-hybridized carbons (Fsp3) is 0.650. The van der Waals surface area contributed by atoms with Gasteiger partial charge >= 0.3 is 5.97 Å². The van der Waals surface area contributed by atoms with Crippen LogP contribution < -0.4 is 5.73 Å². The number of esters is 1. The number of carbonyl (C=O) groups excluding carboxylic acids is 1. The lowest BCUT2D eigenvalue weighted by molar-refractivity contribution is -0.159. The number of carbonyl (C=O) groups is 1. The van der Waals surface area contributed by atoms with Crippen molar-refractivity contribution in [3.63, 3.8) is 0 Å². The second-order valence-electron chi connectivity index (χ2n) is 8.01. The fourth-order valence-electron chi connectivity index (χ4n) is 5.15. The topological polar surface area (TPSA) is 52.3 Å². The van der Waals surface area contributed by atoms with Crippen molar-refractivity contribution in [3.05, 3.63) is 33.8 Å². The molecule has 0 radical (unpaired) electrons. The number of benzene rings is 1. The van der Waals surface area contributed by atoms with Crippen molar-refractivity contribution in [1.82, 2.24) is 0 Å². The van der Waals surface area contributed by atoms with E-state index in [1.807, 2.05) is 19.1 Å². The zero-order valence-electron chi connectivity index (χ0n) is 15.1. The molecule has 2 N–H and O–H groups in total. The van der Waals surface area contributed by atoms with Crippen molar-refractivity contribution in [2.24, 2.45) is 28.9 Å². The van der Waals surface area contributed by atoms with Crippen molar-refractivity contribution < 1.29 is 9.53 Å². The molecule has 0 aromatic heterocycles. The van der Waals surface area contributed by atoms with Gasteiger partial charge in [-0.05, 0) is 67.2 Å².